The van der Waals surface area contributed by atoms with E-state index in [-0.39, 0.29) is 5.91 Å². The van der Waals surface area contributed by atoms with Crippen molar-refractivity contribution in [1.29, 1.82) is 0 Å². The number of nitrogens with one attached hydrogen (secondary N) is 1. The molecule has 0 spiro atoms. The van der Waals surface area contributed by atoms with Gasteiger partial charge in [0.15, 0.2) is 11.5 Å². The number of carbonyl (C=O) groups is 1. The highest BCUT2D eigenvalue weighted by molar-refractivity contribution is 6.32. The second-order valence-electron chi connectivity index (χ2n) is 7.21. The van der Waals surface area contributed by atoms with Crippen molar-refractivity contribution in [3.63, 3.8) is 0 Å². The van der Waals surface area contributed by atoms with Crippen molar-refractivity contribution in [3.8, 4) is 17.2 Å². The van der Waals surface area contributed by atoms with Crippen molar-refractivity contribution >= 4 is 23.7 Å². The van der Waals surface area contributed by atoms with Gasteiger partial charge in [-0.3, -0.25) is 4.79 Å². The van der Waals surface area contributed by atoms with Crippen molar-refractivity contribution in [2.24, 2.45) is 5.10 Å². The molecule has 0 bridgehead atoms. The molecule has 0 aliphatic rings. The Kier molecular flexibility index (Phi) is 7.73. The van der Waals surface area contributed by atoms with E-state index in [9.17, 15) is 4.79 Å². The van der Waals surface area contributed by atoms with E-state index in [2.05, 4.69) is 10.5 Å². The molecule has 0 aliphatic carbocycles. The number of methoxy groups -OCH3 is 2. The predicted octanol–water partition coefficient (Wildman–Crippen LogP) is 5.32. The maximum Gasteiger partial charge on any atom is 0.275 e. The minimum absolute atomic E-state index is 0.359. The summed E-state index contributed by atoms with van der Waals surface area (Å²) in [4.78, 5) is 12.4. The lowest BCUT2D eigenvalue weighted by molar-refractivity contribution is 0.0952. The zero-order valence-corrected chi connectivity index (χ0v) is 19.2. The Bertz CT molecular complexity index is 1130. The van der Waals surface area contributed by atoms with Crippen LogP contribution in [-0.4, -0.2) is 26.3 Å². The normalized spacial score (nSPS) is 10.8. The van der Waals surface area contributed by atoms with Gasteiger partial charge in [-0.2, -0.15) is 5.10 Å². The van der Waals surface area contributed by atoms with Crippen molar-refractivity contribution in [3.05, 3.63) is 87.4 Å². The number of amides is 1. The fourth-order valence-corrected chi connectivity index (χ4v) is 3.28. The Morgan fingerprint density at radius 1 is 0.969 bits per heavy atom. The van der Waals surface area contributed by atoms with Gasteiger partial charge >= 0.3 is 0 Å². The lowest BCUT2D eigenvalue weighted by atomic mass is 10.1. The third kappa shape index (κ3) is 5.80. The quantitative estimate of drug-likeness (QED) is 0.371. The Hall–Kier alpha value is -3.51. The minimum atomic E-state index is -0.380. The summed E-state index contributed by atoms with van der Waals surface area (Å²) in [5.74, 6) is 1.02. The van der Waals surface area contributed by atoms with E-state index in [1.807, 2.05) is 44.2 Å². The summed E-state index contributed by atoms with van der Waals surface area (Å²) in [5.41, 5.74) is 6.74. The van der Waals surface area contributed by atoms with Crippen molar-refractivity contribution in [1.82, 2.24) is 5.43 Å². The monoisotopic (exact) mass is 452 g/mol. The highest BCUT2D eigenvalue weighted by atomic mass is 35.5. The molecule has 166 valence electrons. The van der Waals surface area contributed by atoms with Gasteiger partial charge < -0.3 is 14.2 Å². The molecule has 1 amide bonds. The maximum absolute atomic E-state index is 12.4. The van der Waals surface area contributed by atoms with E-state index in [1.165, 1.54) is 26.0 Å². The van der Waals surface area contributed by atoms with Crippen molar-refractivity contribution in [2.75, 3.05) is 14.2 Å². The van der Waals surface area contributed by atoms with Gasteiger partial charge in [0.1, 0.15) is 12.4 Å². The van der Waals surface area contributed by atoms with Crippen LogP contribution in [0, 0.1) is 13.8 Å². The van der Waals surface area contributed by atoms with Gasteiger partial charge in [-0.25, -0.2) is 5.43 Å². The lowest BCUT2D eigenvalue weighted by Gasteiger charge is -2.13. The number of ether oxygens (including phenoxy) is 3. The Balaban J connectivity index is 1.70. The average molecular weight is 453 g/mol. The van der Waals surface area contributed by atoms with Gasteiger partial charge in [0, 0.05) is 0 Å². The molecule has 0 aromatic heterocycles. The Morgan fingerprint density at radius 2 is 1.66 bits per heavy atom. The molecule has 32 heavy (non-hydrogen) atoms. The van der Waals surface area contributed by atoms with Gasteiger partial charge in [0.2, 0.25) is 0 Å². The topological polar surface area (TPSA) is 69.2 Å². The fourth-order valence-electron chi connectivity index (χ4n) is 3.01. The summed E-state index contributed by atoms with van der Waals surface area (Å²) in [6.45, 7) is 4.32. The van der Waals surface area contributed by atoms with Gasteiger partial charge in [-0.05, 0) is 54.8 Å². The number of hydrogen-bond donors (Lipinski definition) is 1. The van der Waals surface area contributed by atoms with E-state index in [1.54, 1.807) is 24.3 Å². The van der Waals surface area contributed by atoms with Crippen molar-refractivity contribution < 1.29 is 19.0 Å². The van der Waals surface area contributed by atoms with E-state index < -0.39 is 0 Å². The van der Waals surface area contributed by atoms with Crippen LogP contribution in [0.5, 0.6) is 17.2 Å². The molecule has 0 heterocycles. The number of aryl methyl sites for hydroxylation is 2. The third-order valence-corrected chi connectivity index (χ3v) is 5.02. The van der Waals surface area contributed by atoms with Crippen LogP contribution in [0.3, 0.4) is 0 Å². The van der Waals surface area contributed by atoms with Crippen LogP contribution in [0.4, 0.5) is 0 Å². The van der Waals surface area contributed by atoms with Crippen molar-refractivity contribution in [2.45, 2.75) is 20.5 Å². The van der Waals surface area contributed by atoms with Gasteiger partial charge in [-0.1, -0.05) is 47.5 Å². The molecule has 0 radical (unpaired) electrons. The van der Waals surface area contributed by atoms with Crippen LogP contribution in [0.1, 0.15) is 32.6 Å². The van der Waals surface area contributed by atoms with E-state index in [0.29, 0.717) is 40.0 Å². The number of rotatable bonds is 8. The first kappa shape index (κ1) is 23.2. The minimum Gasteiger partial charge on any atom is -0.496 e. The largest absolute Gasteiger partial charge is 0.496 e. The number of benzene rings is 3. The molecule has 3 aromatic rings. The number of nitrogens with zero attached hydrogens (tertiary/aromatic N) is 1. The summed E-state index contributed by atoms with van der Waals surface area (Å²) in [6, 6.07) is 16.8. The lowest BCUT2D eigenvalue weighted by Crippen LogP contribution is -2.18. The molecule has 7 heteroatoms. The first-order valence-corrected chi connectivity index (χ1v) is 10.3. The molecule has 6 nitrogen and oxygen atoms in total. The summed E-state index contributed by atoms with van der Waals surface area (Å²) in [6.07, 6.45) is 1.48. The van der Waals surface area contributed by atoms with E-state index >= 15 is 0 Å². The molecule has 0 saturated carbocycles. The van der Waals surface area contributed by atoms with Crippen LogP contribution >= 0.6 is 11.6 Å². The van der Waals surface area contributed by atoms with E-state index in [0.717, 1.165) is 11.1 Å². The SMILES string of the molecule is COc1cc(C)ccc1C(=O)N/N=C\c1cc(Cl)c(OCc2ccc(C)cc2)c(OC)c1. The smallest absolute Gasteiger partial charge is 0.275 e. The molecule has 0 unspecified atom stereocenters. The molecular weight excluding hydrogens is 428 g/mol. The maximum atomic E-state index is 12.4. The number of hydrazone groups is 1. The third-order valence-electron chi connectivity index (χ3n) is 4.74. The van der Waals surface area contributed by atoms with Crippen LogP contribution < -0.4 is 19.6 Å². The number of halogens is 1. The molecular formula is C25H25ClN2O4. The van der Waals surface area contributed by atoms with Gasteiger partial charge in [0.05, 0.1) is 31.0 Å². The van der Waals surface area contributed by atoms with Gasteiger partial charge in [-0.15, -0.1) is 0 Å². The van der Waals surface area contributed by atoms with Gasteiger partial charge in [0.25, 0.3) is 5.91 Å². The molecule has 3 aromatic carbocycles. The van der Waals surface area contributed by atoms with Crippen LogP contribution in [0.2, 0.25) is 5.02 Å². The Labute approximate surface area is 192 Å². The summed E-state index contributed by atoms with van der Waals surface area (Å²) < 4.78 is 16.6. The zero-order chi connectivity index (χ0) is 23.1. The first-order valence-electron chi connectivity index (χ1n) is 9.95. The summed E-state index contributed by atoms with van der Waals surface area (Å²) in [7, 11) is 3.06. The number of hydrogen-bond acceptors (Lipinski definition) is 5. The van der Waals surface area contributed by atoms with Crippen LogP contribution in [0.15, 0.2) is 59.7 Å². The Morgan fingerprint density at radius 3 is 2.34 bits per heavy atom. The second kappa shape index (κ2) is 10.7. The van der Waals surface area contributed by atoms with Crippen LogP contribution in [0.25, 0.3) is 0 Å². The summed E-state index contributed by atoms with van der Waals surface area (Å²) in [5, 5.41) is 4.41. The molecule has 0 saturated heterocycles. The predicted molar refractivity (Wildman–Crippen MR) is 126 cm³/mol. The molecule has 3 rings (SSSR count). The molecule has 0 aliphatic heterocycles. The molecule has 1 N–H and O–H groups in total. The van der Waals surface area contributed by atoms with Crippen LogP contribution in [-0.2, 0) is 6.61 Å². The summed E-state index contributed by atoms with van der Waals surface area (Å²) >= 11 is 6.43. The standard InChI is InChI=1S/C25H25ClN2O4/c1-16-5-8-18(9-6-16)15-32-24-21(26)12-19(13-23(24)31-4)14-27-28-25(29)20-10-7-17(2)11-22(20)30-3/h5-14H,15H2,1-4H3,(H,28,29)/b27-14-. The fraction of sp³-hybridized carbons (Fsp3) is 0.200. The molecule has 0 atom stereocenters. The average Bonchev–Trinajstić information content (AvgIpc) is 2.78. The molecule has 0 fully saturated rings. The van der Waals surface area contributed by atoms with E-state index in [4.69, 9.17) is 25.8 Å². The second-order valence-corrected chi connectivity index (χ2v) is 7.62. The highest BCUT2D eigenvalue weighted by Gasteiger charge is 2.13. The first-order chi connectivity index (χ1) is 15.4. The zero-order valence-electron chi connectivity index (χ0n) is 18.4. The highest BCUT2D eigenvalue weighted by Crippen LogP contribution is 2.36. The number of carbonyl (C=O) groups excluding carboxylic acids is 1.